The number of ether oxygens (including phenoxy) is 2. The smallest absolute Gasteiger partial charge is 0.322 e. The molecule has 3 aromatic rings. The highest BCUT2D eigenvalue weighted by molar-refractivity contribution is 5.89. The van der Waals surface area contributed by atoms with Gasteiger partial charge in [0.15, 0.2) is 0 Å². The highest BCUT2D eigenvalue weighted by Crippen LogP contribution is 2.20. The summed E-state index contributed by atoms with van der Waals surface area (Å²) in [5, 5.41) is 3.86. The van der Waals surface area contributed by atoms with Crippen LogP contribution in [0, 0.1) is 6.92 Å². The van der Waals surface area contributed by atoms with E-state index < -0.39 is 0 Å². The Kier molecular flexibility index (Phi) is 6.23. The van der Waals surface area contributed by atoms with Crippen LogP contribution in [0.3, 0.4) is 0 Å². The van der Waals surface area contributed by atoms with Crippen LogP contribution in [0.25, 0.3) is 10.9 Å². The van der Waals surface area contributed by atoms with Gasteiger partial charge in [0.05, 0.1) is 25.3 Å². The lowest BCUT2D eigenvalue weighted by atomic mass is 10.1. The van der Waals surface area contributed by atoms with Crippen molar-refractivity contribution in [2.75, 3.05) is 25.6 Å². The lowest BCUT2D eigenvalue weighted by Crippen LogP contribution is -2.40. The SMILES string of the molecule is COc1ccc(NC(=O)N(Cc2cc3cccc(C)c3[nH]c2=O)C[C@@H]2CCCO2)cc1. The molecule has 1 aromatic heterocycles. The number of anilines is 1. The summed E-state index contributed by atoms with van der Waals surface area (Å²) in [7, 11) is 1.60. The number of amides is 2. The van der Waals surface area contributed by atoms with Gasteiger partial charge in [0.25, 0.3) is 5.56 Å². The van der Waals surface area contributed by atoms with Gasteiger partial charge in [0, 0.05) is 24.4 Å². The molecule has 0 bridgehead atoms. The van der Waals surface area contributed by atoms with Crippen molar-refractivity contribution in [3.05, 3.63) is 70.0 Å². The average Bonchev–Trinajstić information content (AvgIpc) is 3.28. The van der Waals surface area contributed by atoms with Crippen molar-refractivity contribution >= 4 is 22.6 Å². The van der Waals surface area contributed by atoms with Gasteiger partial charge in [0.1, 0.15) is 5.75 Å². The molecule has 0 spiro atoms. The molecule has 2 amide bonds. The fraction of sp³-hybridized carbons (Fsp3) is 0.333. The number of H-pyrrole nitrogens is 1. The third kappa shape index (κ3) is 4.88. The normalized spacial score (nSPS) is 15.7. The average molecular weight is 421 g/mol. The van der Waals surface area contributed by atoms with Crippen LogP contribution in [0.4, 0.5) is 10.5 Å². The van der Waals surface area contributed by atoms with Crippen molar-refractivity contribution in [1.29, 1.82) is 0 Å². The summed E-state index contributed by atoms with van der Waals surface area (Å²) in [5.41, 5.74) is 2.85. The molecule has 1 saturated heterocycles. The zero-order valence-electron chi connectivity index (χ0n) is 17.8. The van der Waals surface area contributed by atoms with E-state index in [0.29, 0.717) is 30.2 Å². The number of aryl methyl sites for hydroxylation is 1. The molecule has 162 valence electrons. The van der Waals surface area contributed by atoms with Crippen LogP contribution in [-0.2, 0) is 11.3 Å². The Hall–Kier alpha value is -3.32. The molecule has 1 fully saturated rings. The summed E-state index contributed by atoms with van der Waals surface area (Å²) < 4.78 is 10.9. The number of urea groups is 1. The standard InChI is InChI=1S/C24H27N3O4/c1-16-5-3-6-17-13-18(23(28)26-22(16)17)14-27(15-21-7-4-12-31-21)24(29)25-19-8-10-20(30-2)11-9-19/h3,5-6,8-11,13,21H,4,7,12,14-15H2,1-2H3,(H,25,29)(H,26,28)/t21-/m0/s1. The van der Waals surface area contributed by atoms with Gasteiger partial charge in [0.2, 0.25) is 0 Å². The van der Waals surface area contributed by atoms with Gasteiger partial charge in [-0.15, -0.1) is 0 Å². The van der Waals surface area contributed by atoms with Crippen molar-refractivity contribution in [3.63, 3.8) is 0 Å². The number of benzene rings is 2. The maximum absolute atomic E-state index is 13.1. The van der Waals surface area contributed by atoms with E-state index in [0.717, 1.165) is 29.3 Å². The van der Waals surface area contributed by atoms with E-state index in [4.69, 9.17) is 9.47 Å². The third-order valence-corrected chi connectivity index (χ3v) is 5.60. The summed E-state index contributed by atoms with van der Waals surface area (Å²) >= 11 is 0. The van der Waals surface area contributed by atoms with Crippen molar-refractivity contribution < 1.29 is 14.3 Å². The number of para-hydroxylation sites is 1. The first-order valence-electron chi connectivity index (χ1n) is 10.5. The first-order chi connectivity index (χ1) is 15.0. The van der Waals surface area contributed by atoms with E-state index in [9.17, 15) is 9.59 Å². The second-order valence-electron chi connectivity index (χ2n) is 7.84. The second kappa shape index (κ2) is 9.22. The van der Waals surface area contributed by atoms with Crippen LogP contribution in [0.2, 0.25) is 0 Å². The zero-order valence-corrected chi connectivity index (χ0v) is 17.8. The van der Waals surface area contributed by atoms with E-state index in [-0.39, 0.29) is 24.2 Å². The number of hydrogen-bond donors (Lipinski definition) is 2. The minimum Gasteiger partial charge on any atom is -0.497 e. The molecule has 1 aliphatic rings. The Bertz CT molecular complexity index is 1120. The predicted molar refractivity (Wildman–Crippen MR) is 121 cm³/mol. The van der Waals surface area contributed by atoms with Crippen LogP contribution in [-0.4, -0.2) is 42.3 Å². The number of nitrogens with zero attached hydrogens (tertiary/aromatic N) is 1. The Labute approximate surface area is 181 Å². The summed E-state index contributed by atoms with van der Waals surface area (Å²) in [5.74, 6) is 0.715. The molecule has 2 N–H and O–H groups in total. The van der Waals surface area contributed by atoms with Gasteiger partial charge in [-0.25, -0.2) is 4.79 Å². The molecule has 1 aliphatic heterocycles. The highest BCUT2D eigenvalue weighted by atomic mass is 16.5. The molecule has 0 aliphatic carbocycles. The fourth-order valence-electron chi connectivity index (χ4n) is 3.88. The largest absolute Gasteiger partial charge is 0.497 e. The van der Waals surface area contributed by atoms with Gasteiger partial charge in [-0.1, -0.05) is 18.2 Å². The molecule has 0 unspecified atom stereocenters. The summed E-state index contributed by atoms with van der Waals surface area (Å²) in [4.78, 5) is 30.5. The Morgan fingerprint density at radius 3 is 2.77 bits per heavy atom. The minimum atomic E-state index is -0.274. The molecule has 31 heavy (non-hydrogen) atoms. The molecule has 4 rings (SSSR count). The second-order valence-corrected chi connectivity index (χ2v) is 7.84. The first-order valence-corrected chi connectivity index (χ1v) is 10.5. The third-order valence-electron chi connectivity index (χ3n) is 5.60. The highest BCUT2D eigenvalue weighted by Gasteiger charge is 2.24. The molecule has 2 aromatic carbocycles. The van der Waals surface area contributed by atoms with Crippen molar-refractivity contribution in [2.24, 2.45) is 0 Å². The number of carbonyl (C=O) groups is 1. The number of pyridine rings is 1. The van der Waals surface area contributed by atoms with Crippen LogP contribution in [0.15, 0.2) is 53.3 Å². The molecular formula is C24H27N3O4. The number of rotatable bonds is 6. The van der Waals surface area contributed by atoms with Gasteiger partial charge in [-0.2, -0.15) is 0 Å². The van der Waals surface area contributed by atoms with Crippen LogP contribution >= 0.6 is 0 Å². The topological polar surface area (TPSA) is 83.7 Å². The van der Waals surface area contributed by atoms with Crippen molar-refractivity contribution in [3.8, 4) is 5.75 Å². The lowest BCUT2D eigenvalue weighted by Gasteiger charge is -2.26. The van der Waals surface area contributed by atoms with Gasteiger partial charge in [-0.05, 0) is 61.0 Å². The lowest BCUT2D eigenvalue weighted by molar-refractivity contribution is 0.0818. The minimum absolute atomic E-state index is 0.0246. The van der Waals surface area contributed by atoms with Crippen LogP contribution in [0.5, 0.6) is 5.75 Å². The molecule has 0 radical (unpaired) electrons. The van der Waals surface area contributed by atoms with Crippen LogP contribution < -0.4 is 15.6 Å². The molecule has 0 saturated carbocycles. The fourth-order valence-corrected chi connectivity index (χ4v) is 3.88. The van der Waals surface area contributed by atoms with Gasteiger partial charge in [-0.3, -0.25) is 4.79 Å². The number of aromatic amines is 1. The zero-order chi connectivity index (χ0) is 21.8. The van der Waals surface area contributed by atoms with Crippen molar-refractivity contribution in [1.82, 2.24) is 9.88 Å². The van der Waals surface area contributed by atoms with E-state index in [1.807, 2.05) is 31.2 Å². The van der Waals surface area contributed by atoms with Crippen molar-refractivity contribution in [2.45, 2.75) is 32.4 Å². The molecule has 2 heterocycles. The van der Waals surface area contributed by atoms with E-state index in [2.05, 4.69) is 10.3 Å². The van der Waals surface area contributed by atoms with Gasteiger partial charge < -0.3 is 24.7 Å². The van der Waals surface area contributed by atoms with E-state index >= 15 is 0 Å². The number of hydrogen-bond acceptors (Lipinski definition) is 4. The molecule has 7 nitrogen and oxygen atoms in total. The monoisotopic (exact) mass is 421 g/mol. The number of nitrogens with one attached hydrogen (secondary N) is 2. The molecular weight excluding hydrogens is 394 g/mol. The first kappa shape index (κ1) is 20.9. The quantitative estimate of drug-likeness (QED) is 0.629. The Morgan fingerprint density at radius 1 is 1.26 bits per heavy atom. The number of fused-ring (bicyclic) bond motifs is 1. The maximum atomic E-state index is 13.1. The molecule has 1 atom stereocenters. The number of methoxy groups -OCH3 is 1. The van der Waals surface area contributed by atoms with E-state index in [1.165, 1.54) is 0 Å². The summed E-state index contributed by atoms with van der Waals surface area (Å²) in [6.07, 6.45) is 1.86. The number of carbonyl (C=O) groups excluding carboxylic acids is 1. The van der Waals surface area contributed by atoms with Crippen LogP contribution in [0.1, 0.15) is 24.0 Å². The Morgan fingerprint density at radius 2 is 2.06 bits per heavy atom. The predicted octanol–water partition coefficient (Wildman–Crippen LogP) is 4.06. The summed E-state index contributed by atoms with van der Waals surface area (Å²) in [6, 6.07) is 14.6. The van der Waals surface area contributed by atoms with Gasteiger partial charge >= 0.3 is 6.03 Å². The summed E-state index contributed by atoms with van der Waals surface area (Å²) in [6.45, 7) is 3.28. The number of aromatic nitrogens is 1. The molecule has 7 heteroatoms. The maximum Gasteiger partial charge on any atom is 0.322 e. The Balaban J connectivity index is 1.58. The van der Waals surface area contributed by atoms with E-state index in [1.54, 1.807) is 36.3 Å².